The topological polar surface area (TPSA) is 88.5 Å². The lowest BCUT2D eigenvalue weighted by molar-refractivity contribution is -0.114. The van der Waals surface area contributed by atoms with Crippen molar-refractivity contribution in [3.63, 3.8) is 0 Å². The molecule has 2 rings (SSSR count). The van der Waals surface area contributed by atoms with Crippen molar-refractivity contribution in [2.24, 2.45) is 0 Å². The fourth-order valence-electron chi connectivity index (χ4n) is 1.53. The van der Waals surface area contributed by atoms with E-state index in [0.717, 1.165) is 18.2 Å². The van der Waals surface area contributed by atoms with Crippen molar-refractivity contribution in [3.05, 3.63) is 46.4 Å². The number of carbonyl (C=O) groups is 2. The van der Waals surface area contributed by atoms with Gasteiger partial charge in [-0.3, -0.25) is 14.1 Å². The third-order valence-corrected chi connectivity index (χ3v) is 3.10. The van der Waals surface area contributed by atoms with Crippen LogP contribution in [0.5, 0.6) is 0 Å². The Balaban J connectivity index is 2.78. The molecule has 0 fully saturated rings. The van der Waals surface area contributed by atoms with Gasteiger partial charge >= 0.3 is 0 Å². The predicted molar refractivity (Wildman–Crippen MR) is 55.0 cm³/mol. The fourth-order valence-corrected chi connectivity index (χ4v) is 2.24. The number of hydrogen-bond acceptors (Lipinski definition) is 4. The molecule has 0 unspecified atom stereocenters. The van der Waals surface area contributed by atoms with E-state index < -0.39 is 26.6 Å². The van der Waals surface area contributed by atoms with Crippen LogP contribution in [0.4, 0.5) is 0 Å². The summed E-state index contributed by atoms with van der Waals surface area (Å²) in [6.07, 6.45) is 5.77. The molecule has 2 aliphatic carbocycles. The maximum absolute atomic E-state index is 11.5. The van der Waals surface area contributed by atoms with Crippen LogP contribution in [-0.2, 0) is 19.7 Å². The van der Waals surface area contributed by atoms with E-state index in [1.54, 1.807) is 0 Å². The first-order chi connectivity index (χ1) is 7.41. The Kier molecular flexibility index (Phi) is 2.25. The highest BCUT2D eigenvalue weighted by molar-refractivity contribution is 7.90. The second kappa shape index (κ2) is 3.36. The number of rotatable bonds is 1. The van der Waals surface area contributed by atoms with Crippen LogP contribution in [0.1, 0.15) is 0 Å². The van der Waals surface area contributed by atoms with Crippen molar-refractivity contribution < 1.29 is 22.6 Å². The highest BCUT2D eigenvalue weighted by Gasteiger charge is 2.31. The van der Waals surface area contributed by atoms with Crippen LogP contribution in [0.2, 0.25) is 0 Å². The van der Waals surface area contributed by atoms with Crippen molar-refractivity contribution in [1.29, 1.82) is 0 Å². The largest absolute Gasteiger partial charge is 0.295 e. The summed E-state index contributed by atoms with van der Waals surface area (Å²) in [6, 6.07) is 0. The zero-order chi connectivity index (χ0) is 11.9. The Morgan fingerprint density at radius 1 is 1.00 bits per heavy atom. The van der Waals surface area contributed by atoms with Gasteiger partial charge in [-0.2, -0.15) is 8.42 Å². The molecule has 5 nitrogen and oxygen atoms in total. The lowest BCUT2D eigenvalue weighted by Crippen LogP contribution is -2.20. The molecule has 0 amide bonds. The van der Waals surface area contributed by atoms with Gasteiger partial charge in [0.1, 0.15) is 4.91 Å². The van der Waals surface area contributed by atoms with E-state index in [1.165, 1.54) is 12.2 Å². The predicted octanol–water partition coefficient (Wildman–Crippen LogP) is 0.332. The molecule has 0 spiro atoms. The summed E-state index contributed by atoms with van der Waals surface area (Å²) in [4.78, 5) is 22.3. The minimum absolute atomic E-state index is 0.0115. The maximum Gasteiger partial charge on any atom is 0.295 e. The quantitative estimate of drug-likeness (QED) is 0.665. The Morgan fingerprint density at radius 3 is 2.31 bits per heavy atom. The van der Waals surface area contributed by atoms with Gasteiger partial charge in [-0.15, -0.1) is 0 Å². The van der Waals surface area contributed by atoms with Crippen molar-refractivity contribution in [2.75, 3.05) is 0 Å². The SMILES string of the molecule is O=C1C=CC(S(=O)(=O)O)=C2C(=O)C=CC=C12. The molecule has 0 aliphatic heterocycles. The molecule has 2 aliphatic rings. The molecule has 0 radical (unpaired) electrons. The molecule has 1 N–H and O–H groups in total. The molecule has 0 aromatic carbocycles. The van der Waals surface area contributed by atoms with E-state index in [0.29, 0.717) is 0 Å². The molecular formula is C10H6O5S. The average Bonchev–Trinajstić information content (AvgIpc) is 2.18. The summed E-state index contributed by atoms with van der Waals surface area (Å²) in [5.41, 5.74) is -0.278. The third kappa shape index (κ3) is 1.58. The first-order valence-corrected chi connectivity index (χ1v) is 5.72. The minimum atomic E-state index is -4.51. The fraction of sp³-hybridized carbons (Fsp3) is 0. The molecule has 16 heavy (non-hydrogen) atoms. The zero-order valence-corrected chi connectivity index (χ0v) is 8.69. The summed E-state index contributed by atoms with van der Waals surface area (Å²) < 4.78 is 31.0. The zero-order valence-electron chi connectivity index (χ0n) is 7.88. The van der Waals surface area contributed by atoms with E-state index >= 15 is 0 Å². The van der Waals surface area contributed by atoms with Crippen LogP contribution in [0, 0.1) is 0 Å². The normalized spacial score (nSPS) is 19.9. The van der Waals surface area contributed by atoms with E-state index in [2.05, 4.69) is 0 Å². The van der Waals surface area contributed by atoms with Gasteiger partial charge in [-0.25, -0.2) is 0 Å². The van der Waals surface area contributed by atoms with Gasteiger partial charge in [-0.1, -0.05) is 12.2 Å². The van der Waals surface area contributed by atoms with Crippen molar-refractivity contribution >= 4 is 21.7 Å². The molecular weight excluding hydrogens is 232 g/mol. The lowest BCUT2D eigenvalue weighted by atomic mass is 9.90. The monoisotopic (exact) mass is 238 g/mol. The highest BCUT2D eigenvalue weighted by atomic mass is 32.2. The van der Waals surface area contributed by atoms with E-state index in [9.17, 15) is 18.0 Å². The molecule has 0 bridgehead atoms. The summed E-state index contributed by atoms with van der Waals surface area (Å²) in [7, 11) is -4.51. The van der Waals surface area contributed by atoms with Gasteiger partial charge in [0, 0.05) is 5.57 Å². The molecule has 0 saturated heterocycles. The number of allylic oxidation sites excluding steroid dienone is 7. The number of ketones is 2. The first kappa shape index (κ1) is 10.7. The number of carbonyl (C=O) groups excluding carboxylic acids is 2. The maximum atomic E-state index is 11.5. The van der Waals surface area contributed by atoms with Crippen molar-refractivity contribution in [2.45, 2.75) is 0 Å². The van der Waals surface area contributed by atoms with Crippen LogP contribution in [-0.4, -0.2) is 24.5 Å². The van der Waals surface area contributed by atoms with Gasteiger partial charge in [-0.05, 0) is 18.2 Å². The summed E-state index contributed by atoms with van der Waals surface area (Å²) in [6.45, 7) is 0. The van der Waals surface area contributed by atoms with Crippen LogP contribution >= 0.6 is 0 Å². The molecule has 0 aromatic rings. The van der Waals surface area contributed by atoms with Crippen molar-refractivity contribution in [3.8, 4) is 0 Å². The Bertz CT molecular complexity index is 614. The van der Waals surface area contributed by atoms with Crippen molar-refractivity contribution in [1.82, 2.24) is 0 Å². The van der Waals surface area contributed by atoms with Crippen LogP contribution in [0.25, 0.3) is 0 Å². The lowest BCUT2D eigenvalue weighted by Gasteiger charge is -2.15. The molecule has 6 heteroatoms. The summed E-state index contributed by atoms with van der Waals surface area (Å²) >= 11 is 0. The Hall–Kier alpha value is -1.79. The van der Waals surface area contributed by atoms with Crippen LogP contribution in [0.3, 0.4) is 0 Å². The molecule has 0 heterocycles. The minimum Gasteiger partial charge on any atom is -0.289 e. The molecule has 82 valence electrons. The van der Waals surface area contributed by atoms with Gasteiger partial charge in [0.15, 0.2) is 11.6 Å². The van der Waals surface area contributed by atoms with Crippen LogP contribution < -0.4 is 0 Å². The van der Waals surface area contributed by atoms with E-state index in [1.807, 2.05) is 0 Å². The smallest absolute Gasteiger partial charge is 0.289 e. The molecule has 0 aromatic heterocycles. The van der Waals surface area contributed by atoms with Gasteiger partial charge in [0.25, 0.3) is 10.1 Å². The van der Waals surface area contributed by atoms with E-state index in [4.69, 9.17) is 4.55 Å². The number of hydrogen-bond donors (Lipinski definition) is 1. The summed E-state index contributed by atoms with van der Waals surface area (Å²) in [5.74, 6) is -1.07. The third-order valence-electron chi connectivity index (χ3n) is 2.20. The highest BCUT2D eigenvalue weighted by Crippen LogP contribution is 2.28. The molecule has 0 atom stereocenters. The average molecular weight is 238 g/mol. The second-order valence-corrected chi connectivity index (χ2v) is 4.61. The van der Waals surface area contributed by atoms with Crippen LogP contribution in [0.15, 0.2) is 46.4 Å². The Morgan fingerprint density at radius 2 is 1.69 bits per heavy atom. The van der Waals surface area contributed by atoms with Gasteiger partial charge in [0.05, 0.1) is 5.57 Å². The Labute approximate surface area is 91.2 Å². The van der Waals surface area contributed by atoms with Gasteiger partial charge in [0.2, 0.25) is 0 Å². The number of fused-ring (bicyclic) bond motifs is 1. The summed E-state index contributed by atoms with van der Waals surface area (Å²) in [5, 5.41) is 0. The van der Waals surface area contributed by atoms with E-state index in [-0.39, 0.29) is 11.1 Å². The first-order valence-electron chi connectivity index (χ1n) is 4.28. The second-order valence-electron chi connectivity index (χ2n) is 3.22. The van der Waals surface area contributed by atoms with Gasteiger partial charge < -0.3 is 0 Å². The molecule has 0 saturated carbocycles. The standard InChI is InChI=1S/C10H6O5S/c11-7-4-5-9(16(13,14)15)10-6(7)2-1-3-8(10)12/h1-5H,(H,13,14,15).